The molecule has 0 heterocycles. The van der Waals surface area contributed by atoms with Crippen LogP contribution in [0.1, 0.15) is 52.9 Å². The van der Waals surface area contributed by atoms with E-state index < -0.39 is 28.3 Å². The number of methoxy groups -OCH3 is 2. The van der Waals surface area contributed by atoms with Crippen molar-refractivity contribution < 1.29 is 23.3 Å². The Balaban J connectivity index is 2.37. The molecular weight excluding hydrogens is 354 g/mol. The molecule has 0 saturated heterocycles. The molecule has 0 aliphatic heterocycles. The van der Waals surface area contributed by atoms with Gasteiger partial charge in [-0.05, 0) is 64.0 Å². The zero-order chi connectivity index (χ0) is 19.7. The molecule has 2 aliphatic rings. The lowest BCUT2D eigenvalue weighted by Crippen LogP contribution is -2.40. The van der Waals surface area contributed by atoms with E-state index in [2.05, 4.69) is 11.3 Å². The molecule has 2 aliphatic carbocycles. The number of rotatable bonds is 4. The minimum Gasteiger partial charge on any atom is -0.468 e. The summed E-state index contributed by atoms with van der Waals surface area (Å²) >= 11 is 0. The Kier molecular flexibility index (Phi) is 6.13. The van der Waals surface area contributed by atoms with E-state index in [0.29, 0.717) is 0 Å². The summed E-state index contributed by atoms with van der Waals surface area (Å²) in [5.41, 5.74) is 1.41. The number of allylic oxidation sites excluding steroid dienone is 2. The van der Waals surface area contributed by atoms with Crippen molar-refractivity contribution in [3.05, 3.63) is 23.3 Å². The molecule has 0 aromatic heterocycles. The number of carbonyl (C=O) groups excluding carboxylic acids is 2. The highest BCUT2D eigenvalue weighted by atomic mass is 32.2. The standard InChI is InChI=1S/C19H29NO5S/c1-12-10-19(16(21)24-5,17(22)25-6)11-14(12)13-8-7-9-15(13)20-26(23)18(2,3)4/h15,20H,1,7-11H2,2-6H3/b14-13-/t15-,26?/m1/s1. The van der Waals surface area contributed by atoms with Gasteiger partial charge in [0.25, 0.3) is 0 Å². The maximum Gasteiger partial charge on any atom is 0.323 e. The summed E-state index contributed by atoms with van der Waals surface area (Å²) in [6.45, 7) is 9.86. The molecule has 2 fully saturated rings. The van der Waals surface area contributed by atoms with Crippen molar-refractivity contribution in [2.45, 2.75) is 63.7 Å². The Morgan fingerprint density at radius 1 is 1.19 bits per heavy atom. The van der Waals surface area contributed by atoms with Crippen molar-refractivity contribution >= 4 is 22.9 Å². The number of hydrogen-bond donors (Lipinski definition) is 1. The van der Waals surface area contributed by atoms with Crippen LogP contribution in [0.25, 0.3) is 0 Å². The van der Waals surface area contributed by atoms with Crippen molar-refractivity contribution in [1.82, 2.24) is 4.72 Å². The van der Waals surface area contributed by atoms with Gasteiger partial charge in [-0.1, -0.05) is 12.2 Å². The summed E-state index contributed by atoms with van der Waals surface area (Å²) in [4.78, 5) is 24.8. The second-order valence-corrected chi connectivity index (χ2v) is 9.97. The lowest BCUT2D eigenvalue weighted by atomic mass is 9.85. The Labute approximate surface area is 158 Å². The van der Waals surface area contributed by atoms with Crippen LogP contribution in [0.3, 0.4) is 0 Å². The summed E-state index contributed by atoms with van der Waals surface area (Å²) in [5.74, 6) is -1.19. The monoisotopic (exact) mass is 383 g/mol. The molecule has 26 heavy (non-hydrogen) atoms. The quantitative estimate of drug-likeness (QED) is 0.596. The highest BCUT2D eigenvalue weighted by molar-refractivity contribution is 7.84. The van der Waals surface area contributed by atoms with Gasteiger partial charge < -0.3 is 9.47 Å². The molecule has 2 saturated carbocycles. The van der Waals surface area contributed by atoms with E-state index in [1.165, 1.54) is 14.2 Å². The second kappa shape index (κ2) is 7.64. The van der Waals surface area contributed by atoms with Gasteiger partial charge in [0, 0.05) is 6.04 Å². The van der Waals surface area contributed by atoms with Gasteiger partial charge in [-0.2, -0.15) is 0 Å². The molecule has 0 aromatic rings. The molecule has 146 valence electrons. The van der Waals surface area contributed by atoms with Gasteiger partial charge >= 0.3 is 11.9 Å². The molecule has 0 aromatic carbocycles. The highest BCUT2D eigenvalue weighted by Gasteiger charge is 2.54. The molecule has 7 heteroatoms. The first-order chi connectivity index (χ1) is 12.1. The first-order valence-corrected chi connectivity index (χ1v) is 9.96. The largest absolute Gasteiger partial charge is 0.468 e. The van der Waals surface area contributed by atoms with Gasteiger partial charge in [0.1, 0.15) is 0 Å². The molecular formula is C19H29NO5S. The number of hydrogen-bond acceptors (Lipinski definition) is 5. The van der Waals surface area contributed by atoms with Crippen molar-refractivity contribution in [3.8, 4) is 0 Å². The average Bonchev–Trinajstić information content (AvgIpc) is 3.17. The van der Waals surface area contributed by atoms with E-state index in [1.807, 2.05) is 20.8 Å². The SMILES string of the molecule is C=C1CC(C(=O)OC)(C(=O)OC)C/C1=C1\CCC[C@H]1NS(=O)C(C)(C)C. The maximum absolute atomic E-state index is 12.5. The Morgan fingerprint density at radius 2 is 1.77 bits per heavy atom. The van der Waals surface area contributed by atoms with Crippen LogP contribution in [0, 0.1) is 5.41 Å². The van der Waals surface area contributed by atoms with Crippen LogP contribution in [-0.4, -0.2) is 41.2 Å². The van der Waals surface area contributed by atoms with Gasteiger partial charge in [0.2, 0.25) is 0 Å². The first kappa shape index (κ1) is 20.8. The number of nitrogens with one attached hydrogen (secondary N) is 1. The third kappa shape index (κ3) is 3.78. The fourth-order valence-corrected chi connectivity index (χ4v) is 4.58. The molecule has 6 nitrogen and oxygen atoms in total. The van der Waals surface area contributed by atoms with E-state index in [4.69, 9.17) is 9.47 Å². The van der Waals surface area contributed by atoms with Gasteiger partial charge in [0.05, 0.1) is 30.0 Å². The minimum absolute atomic E-state index is 0.0343. The minimum atomic E-state index is -1.36. The molecule has 0 spiro atoms. The van der Waals surface area contributed by atoms with Crippen LogP contribution in [0.2, 0.25) is 0 Å². The predicted molar refractivity (Wildman–Crippen MR) is 101 cm³/mol. The van der Waals surface area contributed by atoms with Crippen LogP contribution >= 0.6 is 0 Å². The molecule has 2 atom stereocenters. The first-order valence-electron chi connectivity index (χ1n) is 8.81. The summed E-state index contributed by atoms with van der Waals surface area (Å²) in [7, 11) is 1.35. The van der Waals surface area contributed by atoms with E-state index in [1.54, 1.807) is 0 Å². The van der Waals surface area contributed by atoms with Crippen LogP contribution in [-0.2, 0) is 30.0 Å². The Hall–Kier alpha value is -1.47. The third-order valence-corrected chi connectivity index (χ3v) is 6.74. The van der Waals surface area contributed by atoms with Crippen molar-refractivity contribution in [1.29, 1.82) is 0 Å². The van der Waals surface area contributed by atoms with Crippen LogP contribution in [0.15, 0.2) is 23.3 Å². The third-order valence-electron chi connectivity index (χ3n) is 5.13. The van der Waals surface area contributed by atoms with Gasteiger partial charge in [-0.3, -0.25) is 9.59 Å². The van der Waals surface area contributed by atoms with E-state index in [-0.39, 0.29) is 23.6 Å². The van der Waals surface area contributed by atoms with Gasteiger partial charge in [0.15, 0.2) is 5.41 Å². The zero-order valence-electron chi connectivity index (χ0n) is 16.3. The van der Waals surface area contributed by atoms with Crippen molar-refractivity contribution in [3.63, 3.8) is 0 Å². The lowest BCUT2D eigenvalue weighted by molar-refractivity contribution is -0.168. The summed E-state index contributed by atoms with van der Waals surface area (Å²) in [6.07, 6.45) is 3.10. The molecule has 1 N–H and O–H groups in total. The summed E-state index contributed by atoms with van der Waals surface area (Å²) in [6, 6.07) is -0.0343. The van der Waals surface area contributed by atoms with Crippen molar-refractivity contribution in [2.75, 3.05) is 14.2 Å². The normalized spacial score (nSPS) is 26.7. The summed E-state index contributed by atoms with van der Waals surface area (Å²) in [5, 5.41) is 0. The van der Waals surface area contributed by atoms with E-state index >= 15 is 0 Å². The summed E-state index contributed by atoms with van der Waals surface area (Å²) < 4.78 is 25.1. The molecule has 0 amide bonds. The van der Waals surface area contributed by atoms with Crippen molar-refractivity contribution in [2.24, 2.45) is 5.41 Å². The topological polar surface area (TPSA) is 81.7 Å². The lowest BCUT2D eigenvalue weighted by Gasteiger charge is -2.24. The molecule has 2 rings (SSSR count). The van der Waals surface area contributed by atoms with Crippen LogP contribution < -0.4 is 4.72 Å². The van der Waals surface area contributed by atoms with Gasteiger partial charge in [-0.25, -0.2) is 8.93 Å². The van der Waals surface area contributed by atoms with Crippen LogP contribution in [0.4, 0.5) is 0 Å². The Bertz CT molecular complexity index is 658. The fraction of sp³-hybridized carbons (Fsp3) is 0.684. The zero-order valence-corrected chi connectivity index (χ0v) is 17.1. The second-order valence-electron chi connectivity index (χ2n) is 7.97. The average molecular weight is 384 g/mol. The van der Waals surface area contributed by atoms with E-state index in [9.17, 15) is 13.8 Å². The predicted octanol–water partition coefficient (Wildman–Crippen LogP) is 2.57. The number of ether oxygens (including phenoxy) is 2. The van der Waals surface area contributed by atoms with E-state index in [0.717, 1.165) is 36.0 Å². The van der Waals surface area contributed by atoms with Gasteiger partial charge in [-0.15, -0.1) is 0 Å². The number of esters is 2. The molecule has 0 bridgehead atoms. The van der Waals surface area contributed by atoms with Crippen LogP contribution in [0.5, 0.6) is 0 Å². The molecule has 1 unspecified atom stereocenters. The Morgan fingerprint density at radius 3 is 2.27 bits per heavy atom. The number of carbonyl (C=O) groups is 2. The fourth-order valence-electron chi connectivity index (χ4n) is 3.71. The highest BCUT2D eigenvalue weighted by Crippen LogP contribution is 2.49. The molecule has 0 radical (unpaired) electrons. The maximum atomic E-state index is 12.5. The smallest absolute Gasteiger partial charge is 0.323 e.